The van der Waals surface area contributed by atoms with Crippen LogP contribution in [0, 0.1) is 17.3 Å². The minimum Gasteiger partial charge on any atom is -0.393 e. The SMILES string of the molecule is CN1C(=O)N(CC(=O)C2(C3CCCCCC3)CCCN2)C(=O)C1(C)C1=CC2(CCC1)CCC(O)C(C1(C)C(=O)NC(=O)N1C)C2. The van der Waals surface area contributed by atoms with Crippen LogP contribution in [0.2, 0.25) is 0 Å². The number of likely N-dealkylation sites (N-methyl/N-ethyl adjacent to an activating group) is 2. The molecule has 6 amide bonds. The number of nitrogens with zero attached hydrogens (tertiary/aromatic N) is 3. The smallest absolute Gasteiger partial charge is 0.328 e. The van der Waals surface area contributed by atoms with Gasteiger partial charge in [-0.25, -0.2) is 9.59 Å². The number of amides is 6. The van der Waals surface area contributed by atoms with E-state index in [0.717, 1.165) is 63.5 Å². The van der Waals surface area contributed by atoms with Crippen LogP contribution in [0.25, 0.3) is 0 Å². The fourth-order valence-corrected chi connectivity index (χ4v) is 9.86. The second-order valence-corrected chi connectivity index (χ2v) is 15.2. The molecule has 11 heteroatoms. The largest absolute Gasteiger partial charge is 0.393 e. The van der Waals surface area contributed by atoms with Gasteiger partial charge < -0.3 is 20.2 Å². The van der Waals surface area contributed by atoms with Crippen molar-refractivity contribution in [3.05, 3.63) is 11.6 Å². The van der Waals surface area contributed by atoms with E-state index in [1.54, 1.807) is 27.9 Å². The van der Waals surface area contributed by atoms with Crippen LogP contribution < -0.4 is 10.6 Å². The van der Waals surface area contributed by atoms with Crippen molar-refractivity contribution >= 4 is 29.7 Å². The molecular formula is C34H51N5O6. The number of aliphatic hydroxyl groups excluding tert-OH is 1. The number of rotatable bonds is 6. The number of hydrogen-bond donors (Lipinski definition) is 3. The maximum absolute atomic E-state index is 14.3. The average molecular weight is 626 g/mol. The molecule has 3 aliphatic heterocycles. The van der Waals surface area contributed by atoms with Crippen molar-refractivity contribution in [3.8, 4) is 0 Å². The lowest BCUT2D eigenvalue weighted by atomic mass is 9.58. The van der Waals surface area contributed by atoms with Gasteiger partial charge in [-0.2, -0.15) is 0 Å². The number of nitrogens with one attached hydrogen (secondary N) is 2. The lowest BCUT2D eigenvalue weighted by molar-refractivity contribution is -0.136. The Kier molecular flexibility index (Phi) is 8.20. The van der Waals surface area contributed by atoms with Crippen LogP contribution in [0.5, 0.6) is 0 Å². The highest BCUT2D eigenvalue weighted by Gasteiger charge is 2.60. The zero-order valence-corrected chi connectivity index (χ0v) is 27.5. The van der Waals surface area contributed by atoms with Crippen LogP contribution in [-0.4, -0.2) is 99.4 Å². The minimum absolute atomic E-state index is 0.0498. The van der Waals surface area contributed by atoms with Crippen molar-refractivity contribution in [2.45, 2.75) is 126 Å². The maximum atomic E-state index is 14.3. The molecule has 3 aliphatic carbocycles. The Morgan fingerprint density at radius 1 is 0.933 bits per heavy atom. The van der Waals surface area contributed by atoms with Crippen LogP contribution in [0.15, 0.2) is 11.6 Å². The molecule has 248 valence electrons. The molecule has 45 heavy (non-hydrogen) atoms. The Balaban J connectivity index is 1.26. The Morgan fingerprint density at radius 3 is 2.27 bits per heavy atom. The summed E-state index contributed by atoms with van der Waals surface area (Å²) < 4.78 is 0. The molecule has 1 spiro atoms. The Bertz CT molecular complexity index is 1300. The fraction of sp³-hybridized carbons (Fsp3) is 0.794. The van der Waals surface area contributed by atoms with Crippen molar-refractivity contribution in [3.63, 3.8) is 0 Å². The van der Waals surface area contributed by atoms with Crippen LogP contribution in [-0.2, 0) is 14.4 Å². The van der Waals surface area contributed by atoms with E-state index in [1.165, 1.54) is 27.5 Å². The van der Waals surface area contributed by atoms with E-state index in [-0.39, 0.29) is 29.6 Å². The van der Waals surface area contributed by atoms with Crippen LogP contribution in [0.4, 0.5) is 9.59 Å². The van der Waals surface area contributed by atoms with Crippen LogP contribution >= 0.6 is 0 Å². The average Bonchev–Trinajstić information content (AvgIpc) is 3.53. The Hall–Kier alpha value is -2.79. The topological polar surface area (TPSA) is 139 Å². The molecule has 0 bridgehead atoms. The summed E-state index contributed by atoms with van der Waals surface area (Å²) in [6.45, 7) is 4.07. The highest BCUT2D eigenvalue weighted by molar-refractivity contribution is 6.11. The number of allylic oxidation sites excluding steroid dienone is 1. The number of urea groups is 2. The number of aliphatic hydroxyl groups is 1. The molecule has 5 fully saturated rings. The summed E-state index contributed by atoms with van der Waals surface area (Å²) in [5.41, 5.74) is -2.63. The van der Waals surface area contributed by atoms with Crippen molar-refractivity contribution in [1.29, 1.82) is 0 Å². The third-order valence-electron chi connectivity index (χ3n) is 13.0. The zero-order chi connectivity index (χ0) is 32.4. The third kappa shape index (κ3) is 4.86. The van der Waals surface area contributed by atoms with Crippen molar-refractivity contribution < 1.29 is 29.1 Å². The first-order valence-electron chi connectivity index (χ1n) is 17.2. The van der Waals surface area contributed by atoms with Gasteiger partial charge in [0.15, 0.2) is 5.78 Å². The lowest BCUT2D eigenvalue weighted by Gasteiger charge is -2.50. The van der Waals surface area contributed by atoms with Gasteiger partial charge in [0.25, 0.3) is 11.8 Å². The maximum Gasteiger partial charge on any atom is 0.328 e. The first-order chi connectivity index (χ1) is 21.3. The Labute approximate surface area is 266 Å². The van der Waals surface area contributed by atoms with Gasteiger partial charge in [0.2, 0.25) is 0 Å². The van der Waals surface area contributed by atoms with Gasteiger partial charge in [-0.3, -0.25) is 24.6 Å². The van der Waals surface area contributed by atoms with Gasteiger partial charge in [0, 0.05) is 20.0 Å². The molecular weight excluding hydrogens is 574 g/mol. The number of hydrogen-bond acceptors (Lipinski definition) is 7. The van der Waals surface area contributed by atoms with E-state index in [2.05, 4.69) is 16.7 Å². The standard InChI is InChI=1S/C34H51N5O6/c1-31(23-13-9-15-33(19-23)17-14-25(40)24(20-33)32(2)27(42)36-29(44)37(32)3)28(43)39(30(45)38(31)4)21-26(41)34(16-10-18-35-34)22-11-7-5-6-8-12-22/h19,22,24-25,35,40H,5-18,20-21H2,1-4H3,(H,36,42,44). The molecule has 6 rings (SSSR count). The molecule has 0 aromatic heterocycles. The summed E-state index contributed by atoms with van der Waals surface area (Å²) >= 11 is 0. The molecule has 11 nitrogen and oxygen atoms in total. The van der Waals surface area contributed by atoms with Crippen molar-refractivity contribution in [2.75, 3.05) is 27.2 Å². The molecule has 0 radical (unpaired) electrons. The fourth-order valence-electron chi connectivity index (χ4n) is 9.86. The van der Waals surface area contributed by atoms with E-state index in [9.17, 15) is 29.1 Å². The zero-order valence-electron chi connectivity index (χ0n) is 27.5. The predicted octanol–water partition coefficient (Wildman–Crippen LogP) is 3.50. The van der Waals surface area contributed by atoms with Gasteiger partial charge in [-0.1, -0.05) is 31.8 Å². The summed E-state index contributed by atoms with van der Waals surface area (Å²) in [6, 6.07) is -0.917. The molecule has 0 aromatic carbocycles. The van der Waals surface area contributed by atoms with Gasteiger partial charge in [-0.05, 0) is 102 Å². The van der Waals surface area contributed by atoms with Gasteiger partial charge in [0.05, 0.1) is 18.2 Å². The molecule has 0 aromatic rings. The monoisotopic (exact) mass is 625 g/mol. The number of carbonyl (C=O) groups excluding carboxylic acids is 5. The molecule has 3 saturated heterocycles. The molecule has 3 heterocycles. The summed E-state index contributed by atoms with van der Waals surface area (Å²) in [5, 5.41) is 17.1. The highest BCUT2D eigenvalue weighted by atomic mass is 16.3. The van der Waals surface area contributed by atoms with Gasteiger partial charge >= 0.3 is 12.1 Å². The summed E-state index contributed by atoms with van der Waals surface area (Å²) in [5.74, 6) is -1.08. The quantitative estimate of drug-likeness (QED) is 0.233. The van der Waals surface area contributed by atoms with Gasteiger partial charge in [-0.15, -0.1) is 0 Å². The molecule has 6 unspecified atom stereocenters. The molecule has 6 aliphatic rings. The van der Waals surface area contributed by atoms with Crippen molar-refractivity contribution in [1.82, 2.24) is 25.3 Å². The first-order valence-corrected chi connectivity index (χ1v) is 17.2. The molecule has 2 saturated carbocycles. The number of Topliss-reactive ketones (excluding diaryl/α,β-unsaturated/α-hetero) is 1. The minimum atomic E-state index is -1.23. The summed E-state index contributed by atoms with van der Waals surface area (Å²) in [6.07, 6.45) is 13.5. The van der Waals surface area contributed by atoms with E-state index in [0.29, 0.717) is 25.7 Å². The van der Waals surface area contributed by atoms with Crippen LogP contribution in [0.3, 0.4) is 0 Å². The predicted molar refractivity (Wildman–Crippen MR) is 167 cm³/mol. The normalized spacial score (nSPS) is 39.9. The van der Waals surface area contributed by atoms with Gasteiger partial charge in [0.1, 0.15) is 11.1 Å². The van der Waals surface area contributed by atoms with E-state index in [1.807, 2.05) is 0 Å². The van der Waals surface area contributed by atoms with E-state index >= 15 is 0 Å². The third-order valence-corrected chi connectivity index (χ3v) is 13.0. The summed E-state index contributed by atoms with van der Waals surface area (Å²) in [7, 11) is 3.24. The van der Waals surface area contributed by atoms with Crippen molar-refractivity contribution in [2.24, 2.45) is 17.3 Å². The second kappa shape index (κ2) is 11.5. The number of ketones is 1. The van der Waals surface area contributed by atoms with Crippen LogP contribution in [0.1, 0.15) is 104 Å². The second-order valence-electron chi connectivity index (χ2n) is 15.2. The first kappa shape index (κ1) is 32.2. The number of imide groups is 2. The van der Waals surface area contributed by atoms with E-state index < -0.39 is 46.6 Å². The van der Waals surface area contributed by atoms with E-state index in [4.69, 9.17) is 0 Å². The lowest BCUT2D eigenvalue weighted by Crippen LogP contribution is -2.58. The summed E-state index contributed by atoms with van der Waals surface area (Å²) in [4.78, 5) is 71.7. The molecule has 3 N–H and O–H groups in total. The molecule has 6 atom stereocenters. The highest BCUT2D eigenvalue weighted by Crippen LogP contribution is 2.53. The number of carbonyl (C=O) groups is 5. The Morgan fingerprint density at radius 2 is 1.64 bits per heavy atom.